The molecule has 64 heavy (non-hydrogen) atoms. The molecule has 8 heteroatoms. The van der Waals surface area contributed by atoms with E-state index in [4.69, 9.17) is 19.9 Å². The van der Waals surface area contributed by atoms with Crippen molar-refractivity contribution in [2.24, 2.45) is 0 Å². The summed E-state index contributed by atoms with van der Waals surface area (Å²) in [5.41, 5.74) is 13.3. The van der Waals surface area contributed by atoms with Crippen LogP contribution < -0.4 is 0 Å². The molecule has 8 aromatic carbocycles. The van der Waals surface area contributed by atoms with E-state index in [1.165, 1.54) is 24.3 Å². The normalized spacial score (nSPS) is 10.8. The third kappa shape index (κ3) is 10.2. The van der Waals surface area contributed by atoms with Crippen LogP contribution in [0.25, 0.3) is 90.1 Å². The Balaban J connectivity index is 0.000000162. The molecule has 308 valence electrons. The third-order valence-corrected chi connectivity index (χ3v) is 11.5. The number of benzene rings is 8. The first-order chi connectivity index (χ1) is 31.3. The van der Waals surface area contributed by atoms with E-state index >= 15 is 0 Å². The fraction of sp³-hybridized carbons (Fsp3) is 0. The fourth-order valence-electron chi connectivity index (χ4n) is 7.16. The fourth-order valence-corrected chi connectivity index (χ4v) is 7.69. The number of rotatable bonds is 8. The topological polar surface area (TPSA) is 51.6 Å². The van der Waals surface area contributed by atoms with Crippen LogP contribution in [0.15, 0.2) is 227 Å². The van der Waals surface area contributed by atoms with E-state index in [2.05, 4.69) is 92.5 Å². The lowest BCUT2D eigenvalue weighted by Crippen LogP contribution is -1.96. The van der Waals surface area contributed by atoms with Gasteiger partial charge in [-0.25, -0.2) is 28.7 Å². The highest BCUT2D eigenvalue weighted by atomic mass is 79.9. The van der Waals surface area contributed by atoms with Crippen LogP contribution >= 0.6 is 31.9 Å². The molecule has 0 saturated carbocycles. The van der Waals surface area contributed by atoms with Crippen molar-refractivity contribution >= 4 is 31.9 Å². The number of aromatic nitrogens is 4. The van der Waals surface area contributed by atoms with Crippen LogP contribution in [0.4, 0.5) is 8.78 Å². The van der Waals surface area contributed by atoms with Gasteiger partial charge in [-0.3, -0.25) is 0 Å². The highest BCUT2D eigenvalue weighted by molar-refractivity contribution is 9.10. The average Bonchev–Trinajstić information content (AvgIpc) is 3.35. The highest BCUT2D eigenvalue weighted by Crippen LogP contribution is 2.33. The molecule has 10 rings (SSSR count). The zero-order chi connectivity index (χ0) is 43.8. The molecule has 0 bridgehead atoms. The van der Waals surface area contributed by atoms with Gasteiger partial charge < -0.3 is 0 Å². The van der Waals surface area contributed by atoms with Crippen LogP contribution in [0.1, 0.15) is 0 Å². The molecule has 2 aromatic heterocycles. The Morgan fingerprint density at radius 2 is 0.547 bits per heavy atom. The molecule has 0 amide bonds. The van der Waals surface area contributed by atoms with Gasteiger partial charge in [-0.05, 0) is 119 Å². The molecule has 0 aliphatic carbocycles. The van der Waals surface area contributed by atoms with Gasteiger partial charge in [0.15, 0.2) is 11.6 Å². The van der Waals surface area contributed by atoms with Crippen molar-refractivity contribution in [1.82, 2.24) is 19.9 Å². The van der Waals surface area contributed by atoms with Crippen LogP contribution in [0.2, 0.25) is 0 Å². The predicted octanol–water partition coefficient (Wildman–Crippen LogP) is 16.1. The van der Waals surface area contributed by atoms with Gasteiger partial charge in [-0.2, -0.15) is 0 Å². The van der Waals surface area contributed by atoms with E-state index in [1.54, 1.807) is 24.3 Å². The predicted molar refractivity (Wildman–Crippen MR) is 263 cm³/mol. The Kier molecular flexibility index (Phi) is 12.8. The molecular weight excluding hydrogens is 926 g/mol. The van der Waals surface area contributed by atoms with Crippen molar-refractivity contribution < 1.29 is 8.78 Å². The van der Waals surface area contributed by atoms with Gasteiger partial charge in [0.25, 0.3) is 0 Å². The second-order valence-corrected chi connectivity index (χ2v) is 16.7. The van der Waals surface area contributed by atoms with Crippen LogP contribution in [0, 0.1) is 11.6 Å². The Bertz CT molecular complexity index is 2820. The molecule has 0 unspecified atom stereocenters. The van der Waals surface area contributed by atoms with Crippen LogP contribution in [-0.2, 0) is 0 Å². The van der Waals surface area contributed by atoms with Gasteiger partial charge in [0, 0.05) is 42.3 Å². The van der Waals surface area contributed by atoms with Gasteiger partial charge in [0.05, 0.1) is 22.8 Å². The lowest BCUT2D eigenvalue weighted by Gasteiger charge is -2.11. The average molecular weight is 963 g/mol. The second-order valence-electron chi connectivity index (χ2n) is 14.8. The zero-order valence-corrected chi connectivity index (χ0v) is 37.3. The van der Waals surface area contributed by atoms with Crippen LogP contribution in [0.5, 0.6) is 0 Å². The van der Waals surface area contributed by atoms with Crippen LogP contribution in [0.3, 0.4) is 0 Å². The summed E-state index contributed by atoms with van der Waals surface area (Å²) in [6.07, 6.45) is 0. The quantitative estimate of drug-likeness (QED) is 0.152. The summed E-state index contributed by atoms with van der Waals surface area (Å²) in [6, 6.07) is 69.8. The number of nitrogens with zero attached hydrogens (tertiary/aromatic N) is 4. The Labute approximate surface area is 387 Å². The lowest BCUT2D eigenvalue weighted by molar-refractivity contribution is 0.627. The minimum atomic E-state index is -0.284. The summed E-state index contributed by atoms with van der Waals surface area (Å²) >= 11 is 6.98. The van der Waals surface area contributed by atoms with E-state index in [-0.39, 0.29) is 11.6 Å². The molecule has 0 aliphatic rings. The summed E-state index contributed by atoms with van der Waals surface area (Å²) in [6.45, 7) is 0. The summed E-state index contributed by atoms with van der Waals surface area (Å²) in [5.74, 6) is 0.554. The minimum Gasteiger partial charge on any atom is -0.228 e. The molecule has 10 aromatic rings. The van der Waals surface area contributed by atoms with E-state index in [9.17, 15) is 8.78 Å². The highest BCUT2D eigenvalue weighted by Gasteiger charge is 2.14. The van der Waals surface area contributed by atoms with E-state index in [0.29, 0.717) is 11.6 Å². The Hall–Kier alpha value is -7.26. The maximum absolute atomic E-state index is 13.5. The molecular formula is C56H36Br2F2N4. The van der Waals surface area contributed by atoms with Gasteiger partial charge in [0.2, 0.25) is 0 Å². The maximum Gasteiger partial charge on any atom is 0.160 e. The first kappa shape index (κ1) is 42.1. The molecule has 0 radical (unpaired) electrons. The summed E-state index contributed by atoms with van der Waals surface area (Å²) in [4.78, 5) is 19.3. The monoisotopic (exact) mass is 960 g/mol. The molecule has 2 heterocycles. The van der Waals surface area contributed by atoms with Gasteiger partial charge >= 0.3 is 0 Å². The third-order valence-electron chi connectivity index (χ3n) is 10.5. The Morgan fingerprint density at radius 1 is 0.250 bits per heavy atom. The SMILES string of the molecule is Fc1ccc(-c2nc(-c3ccc(Br)cc3)cc(-c3cccc(-c4ccccc4)c3)n2)cc1.Fc1ccc(-c2nc(-c3ccc(Br)cc3)cc(-c3cccc(-c4ccccc4)c3)n2)cc1. The van der Waals surface area contributed by atoms with Crippen molar-refractivity contribution in [3.8, 4) is 90.1 Å². The van der Waals surface area contributed by atoms with Gasteiger partial charge in [-0.1, -0.05) is 153 Å². The molecule has 4 nitrogen and oxygen atoms in total. The largest absolute Gasteiger partial charge is 0.228 e. The number of halogens is 4. The van der Waals surface area contributed by atoms with Crippen LogP contribution in [-0.4, -0.2) is 19.9 Å². The number of hydrogen-bond acceptors (Lipinski definition) is 4. The smallest absolute Gasteiger partial charge is 0.160 e. The standard InChI is InChI=1S/2C28H18BrFN2/c2*29-24-13-9-20(10-14-24)26-18-27(32-28(31-26)21-11-15-25(30)16-12-21)23-8-4-7-22(17-23)19-5-2-1-3-6-19/h2*1-18H. The minimum absolute atomic E-state index is 0.284. The molecule has 0 spiro atoms. The van der Waals surface area contributed by atoms with E-state index in [0.717, 1.165) is 87.4 Å². The van der Waals surface area contributed by atoms with Crippen molar-refractivity contribution in [3.05, 3.63) is 239 Å². The molecule has 0 saturated heterocycles. The summed E-state index contributed by atoms with van der Waals surface area (Å²) < 4.78 is 29.0. The second kappa shape index (κ2) is 19.4. The van der Waals surface area contributed by atoms with Crippen molar-refractivity contribution in [2.45, 2.75) is 0 Å². The summed E-state index contributed by atoms with van der Waals surface area (Å²) in [7, 11) is 0. The van der Waals surface area contributed by atoms with Gasteiger partial charge in [-0.15, -0.1) is 0 Å². The molecule has 0 atom stereocenters. The van der Waals surface area contributed by atoms with Crippen molar-refractivity contribution in [3.63, 3.8) is 0 Å². The first-order valence-electron chi connectivity index (χ1n) is 20.4. The Morgan fingerprint density at radius 3 is 0.906 bits per heavy atom. The lowest BCUT2D eigenvalue weighted by atomic mass is 10.0. The maximum atomic E-state index is 13.5. The zero-order valence-electron chi connectivity index (χ0n) is 34.1. The first-order valence-corrected chi connectivity index (χ1v) is 22.0. The van der Waals surface area contributed by atoms with Crippen molar-refractivity contribution in [2.75, 3.05) is 0 Å². The summed E-state index contributed by atoms with van der Waals surface area (Å²) in [5, 5.41) is 0. The number of hydrogen-bond donors (Lipinski definition) is 0. The molecule has 0 fully saturated rings. The van der Waals surface area contributed by atoms with Gasteiger partial charge in [0.1, 0.15) is 11.6 Å². The molecule has 0 aliphatic heterocycles. The van der Waals surface area contributed by atoms with E-state index in [1.807, 2.05) is 109 Å². The molecule has 0 N–H and O–H groups in total. The van der Waals surface area contributed by atoms with E-state index < -0.39 is 0 Å². The van der Waals surface area contributed by atoms with Crippen molar-refractivity contribution in [1.29, 1.82) is 0 Å².